The number of anilines is 2. The van der Waals surface area contributed by atoms with Gasteiger partial charge in [-0.3, -0.25) is 14.5 Å². The first-order valence-electron chi connectivity index (χ1n) is 9.76. The van der Waals surface area contributed by atoms with Gasteiger partial charge in [-0.15, -0.1) is 0 Å². The van der Waals surface area contributed by atoms with Crippen molar-refractivity contribution in [1.29, 1.82) is 0 Å². The number of hydrogen-bond donors (Lipinski definition) is 2. The quantitative estimate of drug-likeness (QED) is 0.406. The van der Waals surface area contributed by atoms with Crippen LogP contribution in [0, 0.1) is 11.7 Å². The number of nitrogens with zero attached hydrogens (tertiary/aromatic N) is 2. The van der Waals surface area contributed by atoms with Crippen LogP contribution >= 0.6 is 11.3 Å². The molecule has 0 unspecified atom stereocenters. The molecule has 1 aromatic heterocycles. The Morgan fingerprint density at radius 2 is 1.88 bits per heavy atom. The highest BCUT2D eigenvalue weighted by Gasteiger charge is 2.30. The number of carbonyl (C=O) groups excluding carboxylic acids is 2. The summed E-state index contributed by atoms with van der Waals surface area (Å²) in [7, 11) is -7.57. The number of sulfonamides is 1. The first kappa shape index (κ1) is 27.6. The Morgan fingerprint density at radius 3 is 2.41 bits per heavy atom. The summed E-state index contributed by atoms with van der Waals surface area (Å²) in [5, 5.41) is -0.196. The molecule has 0 radical (unpaired) electrons. The fourth-order valence-corrected chi connectivity index (χ4v) is 5.26. The first-order valence-corrected chi connectivity index (χ1v) is 14.4. The van der Waals surface area contributed by atoms with Crippen molar-refractivity contribution in [2.45, 2.75) is 31.0 Å². The third-order valence-electron chi connectivity index (χ3n) is 3.99. The fourth-order valence-electron chi connectivity index (χ4n) is 2.64. The SMILES string of the molecule is CC(C)COc1cc(F)ccc1N(C(=O)CC(N)=O)c1nc(CNS(C)(=O)=O)c(S(C)(=O)=O)s1. The molecule has 34 heavy (non-hydrogen) atoms. The minimum absolute atomic E-state index is 0.00437. The second kappa shape index (κ2) is 10.8. The van der Waals surface area contributed by atoms with E-state index < -0.39 is 50.5 Å². The third kappa shape index (κ3) is 7.72. The highest BCUT2D eigenvalue weighted by atomic mass is 32.2. The number of rotatable bonds is 11. The van der Waals surface area contributed by atoms with Crippen LogP contribution in [0.25, 0.3) is 0 Å². The highest BCUT2D eigenvalue weighted by molar-refractivity contribution is 7.93. The molecule has 0 aliphatic heterocycles. The summed E-state index contributed by atoms with van der Waals surface area (Å²) in [5.74, 6) is -2.47. The minimum atomic E-state index is -3.88. The van der Waals surface area contributed by atoms with Crippen molar-refractivity contribution in [3.63, 3.8) is 0 Å². The second-order valence-corrected chi connectivity index (χ2v) is 12.8. The van der Waals surface area contributed by atoms with Crippen LogP contribution in [-0.2, 0) is 36.0 Å². The third-order valence-corrected chi connectivity index (χ3v) is 7.60. The van der Waals surface area contributed by atoms with Crippen LogP contribution in [0.15, 0.2) is 22.4 Å². The zero-order chi connectivity index (χ0) is 25.8. The summed E-state index contributed by atoms with van der Waals surface area (Å²) in [5.41, 5.74) is 5.03. The monoisotopic (exact) mass is 536 g/mol. The number of sulfone groups is 1. The fraction of sp³-hybridized carbons (Fsp3) is 0.421. The van der Waals surface area contributed by atoms with Gasteiger partial charge in [0.05, 0.1) is 30.8 Å². The Hall–Kier alpha value is -2.62. The van der Waals surface area contributed by atoms with Gasteiger partial charge in [0.2, 0.25) is 21.8 Å². The molecule has 0 saturated carbocycles. The minimum Gasteiger partial charge on any atom is -0.491 e. The van der Waals surface area contributed by atoms with Gasteiger partial charge >= 0.3 is 0 Å². The largest absolute Gasteiger partial charge is 0.491 e. The van der Waals surface area contributed by atoms with Crippen LogP contribution in [0.5, 0.6) is 5.75 Å². The van der Waals surface area contributed by atoms with Crippen molar-refractivity contribution in [3.8, 4) is 5.75 Å². The van der Waals surface area contributed by atoms with Crippen LogP contribution in [-0.4, -0.2) is 52.8 Å². The molecule has 0 aliphatic rings. The average molecular weight is 537 g/mol. The van der Waals surface area contributed by atoms with E-state index in [2.05, 4.69) is 9.71 Å². The molecule has 0 fully saturated rings. The smallest absolute Gasteiger partial charge is 0.242 e. The molecule has 2 rings (SSSR count). The lowest BCUT2D eigenvalue weighted by atomic mass is 10.2. The maximum absolute atomic E-state index is 14.0. The first-order chi connectivity index (χ1) is 15.6. The highest BCUT2D eigenvalue weighted by Crippen LogP contribution is 2.39. The van der Waals surface area contributed by atoms with E-state index in [1.54, 1.807) is 0 Å². The van der Waals surface area contributed by atoms with E-state index in [4.69, 9.17) is 10.5 Å². The molecule has 1 aromatic carbocycles. The number of thiazole rings is 1. The number of aromatic nitrogens is 1. The van der Waals surface area contributed by atoms with Crippen molar-refractivity contribution in [1.82, 2.24) is 9.71 Å². The number of ether oxygens (including phenoxy) is 1. The van der Waals surface area contributed by atoms with Crippen LogP contribution in [0.4, 0.5) is 15.2 Å². The van der Waals surface area contributed by atoms with Gasteiger partial charge in [0.1, 0.15) is 22.2 Å². The number of halogens is 1. The molecule has 0 atom stereocenters. The zero-order valence-electron chi connectivity index (χ0n) is 18.9. The van der Waals surface area contributed by atoms with Crippen LogP contribution in [0.2, 0.25) is 0 Å². The normalized spacial score (nSPS) is 12.1. The zero-order valence-corrected chi connectivity index (χ0v) is 21.3. The van der Waals surface area contributed by atoms with Crippen LogP contribution < -0.4 is 20.1 Å². The van der Waals surface area contributed by atoms with Crippen molar-refractivity contribution < 1.29 is 35.6 Å². The molecule has 188 valence electrons. The maximum Gasteiger partial charge on any atom is 0.242 e. The number of amides is 2. The predicted octanol–water partition coefficient (Wildman–Crippen LogP) is 1.31. The molecule has 1 heterocycles. The van der Waals surface area contributed by atoms with Gasteiger partial charge in [-0.05, 0) is 18.1 Å². The Morgan fingerprint density at radius 1 is 1.24 bits per heavy atom. The molecular formula is C19H25FN4O7S3. The van der Waals surface area contributed by atoms with E-state index in [9.17, 15) is 30.8 Å². The lowest BCUT2D eigenvalue weighted by Gasteiger charge is -2.23. The summed E-state index contributed by atoms with van der Waals surface area (Å²) in [6, 6.07) is 3.32. The Bertz CT molecular complexity index is 1290. The molecular weight excluding hydrogens is 511 g/mol. The van der Waals surface area contributed by atoms with Gasteiger partial charge in [-0.2, -0.15) is 0 Å². The molecule has 15 heteroatoms. The van der Waals surface area contributed by atoms with Crippen molar-refractivity contribution in [3.05, 3.63) is 29.7 Å². The Kier molecular flexibility index (Phi) is 8.74. The standard InChI is InChI=1S/C19H25FN4O7S3/c1-11(2)10-31-15-7-12(20)5-6-14(15)24(17(26)8-16(21)25)19-23-13(9-22-34(4,29)30)18(32-19)33(3,27)28/h5-7,11,22H,8-10H2,1-4H3,(H2,21,25). The molecule has 0 saturated heterocycles. The second-order valence-electron chi connectivity index (χ2n) is 7.79. The topological polar surface area (TPSA) is 166 Å². The van der Waals surface area contributed by atoms with Gasteiger partial charge in [0.15, 0.2) is 15.0 Å². The summed E-state index contributed by atoms with van der Waals surface area (Å²) in [4.78, 5) is 29.5. The van der Waals surface area contributed by atoms with Crippen LogP contribution in [0.3, 0.4) is 0 Å². The van der Waals surface area contributed by atoms with Crippen molar-refractivity contribution in [2.24, 2.45) is 11.7 Å². The van der Waals surface area contributed by atoms with Crippen molar-refractivity contribution >= 4 is 53.8 Å². The number of primary amides is 1. The predicted molar refractivity (Wildman–Crippen MR) is 125 cm³/mol. The average Bonchev–Trinajstić information content (AvgIpc) is 3.09. The van der Waals surface area contributed by atoms with E-state index >= 15 is 0 Å². The van der Waals surface area contributed by atoms with Gasteiger partial charge < -0.3 is 10.5 Å². The van der Waals surface area contributed by atoms with E-state index in [0.717, 1.165) is 29.5 Å². The van der Waals surface area contributed by atoms with E-state index in [1.807, 2.05) is 13.8 Å². The number of carbonyl (C=O) groups is 2. The molecule has 2 aromatic rings. The van der Waals surface area contributed by atoms with Crippen LogP contribution in [0.1, 0.15) is 26.0 Å². The van der Waals surface area contributed by atoms with E-state index in [-0.39, 0.29) is 39.0 Å². The summed E-state index contributed by atoms with van der Waals surface area (Å²) >= 11 is 0.582. The van der Waals surface area contributed by atoms with E-state index in [0.29, 0.717) is 11.3 Å². The maximum atomic E-state index is 14.0. The Labute approximate surface area is 201 Å². The van der Waals surface area contributed by atoms with Gasteiger partial charge in [0, 0.05) is 12.3 Å². The molecule has 0 spiro atoms. The number of hydrogen-bond acceptors (Lipinski definition) is 9. The molecule has 0 bridgehead atoms. The van der Waals surface area contributed by atoms with Gasteiger partial charge in [-0.1, -0.05) is 25.2 Å². The molecule has 3 N–H and O–H groups in total. The summed E-state index contributed by atoms with van der Waals surface area (Å²) < 4.78 is 69.2. The summed E-state index contributed by atoms with van der Waals surface area (Å²) in [6.07, 6.45) is 1.03. The Balaban J connectivity index is 2.70. The molecule has 0 aliphatic carbocycles. The van der Waals surface area contributed by atoms with Crippen molar-refractivity contribution in [2.75, 3.05) is 24.0 Å². The number of benzene rings is 1. The van der Waals surface area contributed by atoms with Gasteiger partial charge in [0.25, 0.3) is 0 Å². The van der Waals surface area contributed by atoms with E-state index in [1.165, 1.54) is 6.07 Å². The molecule has 2 amide bonds. The lowest BCUT2D eigenvalue weighted by Crippen LogP contribution is -2.31. The van der Waals surface area contributed by atoms with Gasteiger partial charge in [-0.25, -0.2) is 30.9 Å². The summed E-state index contributed by atoms with van der Waals surface area (Å²) in [6.45, 7) is 3.42. The molecule has 11 nitrogen and oxygen atoms in total. The number of nitrogens with two attached hydrogens (primary N) is 1. The number of nitrogens with one attached hydrogen (secondary N) is 1. The lowest BCUT2D eigenvalue weighted by molar-refractivity contribution is -0.125.